The molecule has 0 saturated carbocycles. The minimum Gasteiger partial charge on any atom is -0.460 e. The molecule has 21 heavy (non-hydrogen) atoms. The highest BCUT2D eigenvalue weighted by Gasteiger charge is 2.21. The van der Waals surface area contributed by atoms with E-state index in [-0.39, 0.29) is 30.8 Å². The minimum absolute atomic E-state index is 0.00995. The molecule has 1 aromatic rings. The lowest BCUT2D eigenvalue weighted by Gasteiger charge is -2.26. The Labute approximate surface area is 131 Å². The van der Waals surface area contributed by atoms with Gasteiger partial charge in [0.25, 0.3) is 0 Å². The quantitative estimate of drug-likeness (QED) is 0.754. The van der Waals surface area contributed by atoms with Gasteiger partial charge in [0.05, 0.1) is 13.0 Å². The monoisotopic (exact) mass is 311 g/mol. The SMILES string of the molecule is CC(C)N(Cc1cccs1)C(=O)CCC(=O)OC(C)(C)C. The Hall–Kier alpha value is -1.36. The van der Waals surface area contributed by atoms with Gasteiger partial charge >= 0.3 is 5.97 Å². The second-order valence-electron chi connectivity index (χ2n) is 6.28. The first kappa shape index (κ1) is 17.7. The molecule has 0 aliphatic rings. The van der Waals surface area contributed by atoms with Gasteiger partial charge in [-0.15, -0.1) is 11.3 Å². The maximum absolute atomic E-state index is 12.3. The van der Waals surface area contributed by atoms with Crippen LogP contribution in [0, 0.1) is 0 Å². The highest BCUT2D eigenvalue weighted by molar-refractivity contribution is 7.09. The first-order chi connectivity index (χ1) is 9.69. The maximum Gasteiger partial charge on any atom is 0.306 e. The summed E-state index contributed by atoms with van der Waals surface area (Å²) in [6.07, 6.45) is 0.322. The van der Waals surface area contributed by atoms with Crippen LogP contribution in [0.25, 0.3) is 0 Å². The lowest BCUT2D eigenvalue weighted by molar-refractivity contribution is -0.156. The van der Waals surface area contributed by atoms with E-state index in [1.165, 1.54) is 0 Å². The topological polar surface area (TPSA) is 46.6 Å². The van der Waals surface area contributed by atoms with Gasteiger partial charge in [-0.1, -0.05) is 6.07 Å². The molecule has 0 aliphatic carbocycles. The third-order valence-corrected chi connectivity index (χ3v) is 3.67. The second kappa shape index (κ2) is 7.59. The summed E-state index contributed by atoms with van der Waals surface area (Å²) in [7, 11) is 0. The summed E-state index contributed by atoms with van der Waals surface area (Å²) < 4.78 is 5.23. The van der Waals surface area contributed by atoms with E-state index in [1.54, 1.807) is 16.2 Å². The lowest BCUT2D eigenvalue weighted by atomic mass is 10.2. The molecule has 1 aromatic heterocycles. The van der Waals surface area contributed by atoms with Crippen LogP contribution < -0.4 is 0 Å². The average molecular weight is 311 g/mol. The number of esters is 1. The Morgan fingerprint density at radius 1 is 1.29 bits per heavy atom. The number of hydrogen-bond donors (Lipinski definition) is 0. The molecule has 4 nitrogen and oxygen atoms in total. The average Bonchev–Trinajstić information content (AvgIpc) is 2.83. The molecular weight excluding hydrogens is 286 g/mol. The molecule has 0 fully saturated rings. The number of carbonyl (C=O) groups is 2. The van der Waals surface area contributed by atoms with Crippen molar-refractivity contribution in [3.63, 3.8) is 0 Å². The van der Waals surface area contributed by atoms with Gasteiger partial charge in [-0.3, -0.25) is 9.59 Å². The summed E-state index contributed by atoms with van der Waals surface area (Å²) in [6, 6.07) is 4.10. The number of carbonyl (C=O) groups excluding carboxylic acids is 2. The first-order valence-electron chi connectivity index (χ1n) is 7.23. The number of amides is 1. The van der Waals surface area contributed by atoms with Gasteiger partial charge in [0.2, 0.25) is 5.91 Å². The number of thiophene rings is 1. The van der Waals surface area contributed by atoms with Crippen LogP contribution >= 0.6 is 11.3 Å². The van der Waals surface area contributed by atoms with Gasteiger partial charge in [0.1, 0.15) is 5.60 Å². The lowest BCUT2D eigenvalue weighted by Crippen LogP contribution is -2.36. The summed E-state index contributed by atoms with van der Waals surface area (Å²) in [4.78, 5) is 26.9. The molecule has 0 aliphatic heterocycles. The Balaban J connectivity index is 2.52. The molecule has 0 aromatic carbocycles. The van der Waals surface area contributed by atoms with Gasteiger partial charge in [-0.2, -0.15) is 0 Å². The molecule has 0 radical (unpaired) electrons. The van der Waals surface area contributed by atoms with Crippen molar-refractivity contribution in [1.82, 2.24) is 4.90 Å². The van der Waals surface area contributed by atoms with Crippen molar-refractivity contribution in [3.8, 4) is 0 Å². The van der Waals surface area contributed by atoms with Gasteiger partial charge in [0, 0.05) is 17.3 Å². The molecule has 0 unspecified atom stereocenters. The van der Waals surface area contributed by atoms with Crippen LogP contribution in [0.15, 0.2) is 17.5 Å². The highest BCUT2D eigenvalue weighted by Crippen LogP contribution is 2.16. The molecule has 1 rings (SSSR count). The zero-order valence-corrected chi connectivity index (χ0v) is 14.3. The van der Waals surface area contributed by atoms with Crippen molar-refractivity contribution in [2.24, 2.45) is 0 Å². The van der Waals surface area contributed by atoms with Crippen LogP contribution in [0.1, 0.15) is 52.3 Å². The fraction of sp³-hybridized carbons (Fsp3) is 0.625. The zero-order valence-electron chi connectivity index (χ0n) is 13.5. The smallest absolute Gasteiger partial charge is 0.306 e. The number of rotatable bonds is 6. The third kappa shape index (κ3) is 6.76. The normalized spacial score (nSPS) is 11.5. The van der Waals surface area contributed by atoms with E-state index in [0.29, 0.717) is 6.54 Å². The molecule has 0 atom stereocenters. The van der Waals surface area contributed by atoms with Crippen molar-refractivity contribution in [2.75, 3.05) is 0 Å². The van der Waals surface area contributed by atoms with Crippen molar-refractivity contribution in [3.05, 3.63) is 22.4 Å². The second-order valence-corrected chi connectivity index (χ2v) is 7.31. The van der Waals surface area contributed by atoms with E-state index < -0.39 is 5.60 Å². The standard InChI is InChI=1S/C16H25NO3S/c1-12(2)17(11-13-7-6-10-21-13)14(18)8-9-15(19)20-16(3,4)5/h6-7,10,12H,8-9,11H2,1-5H3. The van der Waals surface area contributed by atoms with E-state index >= 15 is 0 Å². The Bertz CT molecular complexity index is 460. The van der Waals surface area contributed by atoms with Crippen LogP contribution in [0.4, 0.5) is 0 Å². The Kier molecular flexibility index (Phi) is 6.40. The van der Waals surface area contributed by atoms with Gasteiger partial charge in [-0.05, 0) is 46.1 Å². The predicted molar refractivity (Wildman–Crippen MR) is 85.1 cm³/mol. The van der Waals surface area contributed by atoms with Gasteiger partial charge in [0.15, 0.2) is 0 Å². The summed E-state index contributed by atoms with van der Waals surface area (Å²) in [5.41, 5.74) is -0.505. The molecule has 0 bridgehead atoms. The maximum atomic E-state index is 12.3. The molecule has 5 heteroatoms. The van der Waals surface area contributed by atoms with Crippen molar-refractivity contribution >= 4 is 23.2 Å². The van der Waals surface area contributed by atoms with Crippen LogP contribution in [-0.2, 0) is 20.9 Å². The fourth-order valence-electron chi connectivity index (χ4n) is 1.87. The summed E-state index contributed by atoms with van der Waals surface area (Å²) in [6.45, 7) is 10.0. The van der Waals surface area contributed by atoms with Gasteiger partial charge < -0.3 is 9.64 Å². The third-order valence-electron chi connectivity index (χ3n) is 2.81. The van der Waals surface area contributed by atoms with Crippen molar-refractivity contribution in [2.45, 2.75) is 65.6 Å². The minimum atomic E-state index is -0.505. The molecule has 0 saturated heterocycles. The summed E-state index contributed by atoms with van der Waals surface area (Å²) in [5, 5.41) is 2.00. The van der Waals surface area contributed by atoms with Gasteiger partial charge in [-0.25, -0.2) is 0 Å². The zero-order chi connectivity index (χ0) is 16.0. The molecule has 0 spiro atoms. The van der Waals surface area contributed by atoms with Crippen molar-refractivity contribution in [1.29, 1.82) is 0 Å². The predicted octanol–water partition coefficient (Wildman–Crippen LogP) is 3.61. The van der Waals surface area contributed by atoms with E-state index in [2.05, 4.69) is 0 Å². The molecule has 1 amide bonds. The van der Waals surface area contributed by atoms with E-state index in [4.69, 9.17) is 4.74 Å². The van der Waals surface area contributed by atoms with Crippen molar-refractivity contribution < 1.29 is 14.3 Å². The van der Waals surface area contributed by atoms with Crippen LogP contribution in [0.2, 0.25) is 0 Å². The number of nitrogens with zero attached hydrogens (tertiary/aromatic N) is 1. The summed E-state index contributed by atoms with van der Waals surface area (Å²) in [5.74, 6) is -0.333. The molecule has 118 valence electrons. The number of hydrogen-bond acceptors (Lipinski definition) is 4. The molecule has 0 N–H and O–H groups in total. The van der Waals surface area contributed by atoms with Crippen LogP contribution in [-0.4, -0.2) is 28.4 Å². The van der Waals surface area contributed by atoms with E-state index in [0.717, 1.165) is 4.88 Å². The first-order valence-corrected chi connectivity index (χ1v) is 8.10. The Morgan fingerprint density at radius 2 is 1.95 bits per heavy atom. The molecular formula is C16H25NO3S. The Morgan fingerprint density at radius 3 is 2.43 bits per heavy atom. The van der Waals surface area contributed by atoms with E-state index in [1.807, 2.05) is 52.1 Å². The highest BCUT2D eigenvalue weighted by atomic mass is 32.1. The van der Waals surface area contributed by atoms with Crippen LogP contribution in [0.5, 0.6) is 0 Å². The van der Waals surface area contributed by atoms with E-state index in [9.17, 15) is 9.59 Å². The molecule has 1 heterocycles. The fourth-order valence-corrected chi connectivity index (χ4v) is 2.58. The largest absolute Gasteiger partial charge is 0.460 e. The summed E-state index contributed by atoms with van der Waals surface area (Å²) >= 11 is 1.63. The van der Waals surface area contributed by atoms with Crippen LogP contribution in [0.3, 0.4) is 0 Å². The number of ether oxygens (including phenoxy) is 1.